The van der Waals surface area contributed by atoms with Gasteiger partial charge in [-0.15, -0.1) is 0 Å². The van der Waals surface area contributed by atoms with Gasteiger partial charge in [0.2, 0.25) is 0 Å². The molecule has 0 aliphatic rings. The summed E-state index contributed by atoms with van der Waals surface area (Å²) in [6.07, 6.45) is 15.6. The molecule has 0 aliphatic heterocycles. The molecule has 0 saturated carbocycles. The minimum atomic E-state index is -0.143. The maximum absolute atomic E-state index is 12.5. The lowest BCUT2D eigenvalue weighted by molar-refractivity contribution is -0.123. The van der Waals surface area contributed by atoms with E-state index in [0.717, 1.165) is 22.6 Å². The summed E-state index contributed by atoms with van der Waals surface area (Å²) in [6.45, 7) is 3.86. The van der Waals surface area contributed by atoms with Crippen molar-refractivity contribution >= 4 is 17.9 Å². The Balaban J connectivity index is 1.83. The number of ether oxygens (including phenoxy) is 2. The first-order chi connectivity index (χ1) is 14.5. The minimum absolute atomic E-state index is 0.143. The zero-order valence-corrected chi connectivity index (χ0v) is 18.1. The molecule has 2 rings (SSSR count). The van der Waals surface area contributed by atoms with Crippen LogP contribution in [0, 0.1) is 11.8 Å². The van der Waals surface area contributed by atoms with E-state index in [1.807, 2.05) is 111 Å². The molecule has 0 spiro atoms. The molecule has 0 saturated heterocycles. The van der Waals surface area contributed by atoms with Crippen LogP contribution in [0.1, 0.15) is 25.0 Å². The van der Waals surface area contributed by atoms with E-state index in [1.165, 1.54) is 0 Å². The van der Waals surface area contributed by atoms with E-state index in [1.54, 1.807) is 14.2 Å². The number of benzene rings is 2. The first kappa shape index (κ1) is 23.0. The first-order valence-corrected chi connectivity index (χ1v) is 10.0. The normalized spacial score (nSPS) is 14.0. The van der Waals surface area contributed by atoms with Crippen molar-refractivity contribution in [3.8, 4) is 11.5 Å². The van der Waals surface area contributed by atoms with Crippen LogP contribution >= 0.6 is 0 Å². The summed E-state index contributed by atoms with van der Waals surface area (Å²) in [4.78, 5) is 12.5. The van der Waals surface area contributed by atoms with Crippen LogP contribution in [0.2, 0.25) is 0 Å². The maximum Gasteiger partial charge on any atom is 0.145 e. The number of hydrogen-bond acceptors (Lipinski definition) is 3. The molecule has 0 amide bonds. The van der Waals surface area contributed by atoms with Gasteiger partial charge in [-0.2, -0.15) is 0 Å². The van der Waals surface area contributed by atoms with Gasteiger partial charge in [-0.3, -0.25) is 4.79 Å². The van der Waals surface area contributed by atoms with E-state index in [2.05, 4.69) is 0 Å². The number of hydrogen-bond donors (Lipinski definition) is 0. The quantitative estimate of drug-likeness (QED) is 0.432. The number of allylic oxidation sites excluding steroid dienone is 6. The highest BCUT2D eigenvalue weighted by Gasteiger charge is 2.14. The molecular weight excluding hydrogens is 372 g/mol. The minimum Gasteiger partial charge on any atom is -0.497 e. The second-order valence-corrected chi connectivity index (χ2v) is 7.01. The number of Topliss-reactive ketones (excluding diaryl/α,β-unsaturated/α-hetero) is 1. The lowest BCUT2D eigenvalue weighted by Crippen LogP contribution is -2.15. The summed E-state index contributed by atoms with van der Waals surface area (Å²) >= 11 is 0. The second-order valence-electron chi connectivity index (χ2n) is 7.01. The summed E-state index contributed by atoms with van der Waals surface area (Å²) in [6, 6.07) is 15.7. The zero-order valence-electron chi connectivity index (χ0n) is 18.1. The molecule has 0 radical (unpaired) electrons. The van der Waals surface area contributed by atoms with Gasteiger partial charge < -0.3 is 9.47 Å². The molecule has 156 valence electrons. The summed E-state index contributed by atoms with van der Waals surface area (Å²) in [5, 5.41) is 0. The van der Waals surface area contributed by atoms with Crippen LogP contribution in [0.15, 0.2) is 85.0 Å². The fourth-order valence-electron chi connectivity index (χ4n) is 2.83. The van der Waals surface area contributed by atoms with E-state index < -0.39 is 0 Å². The van der Waals surface area contributed by atoms with Crippen LogP contribution in [0.4, 0.5) is 0 Å². The van der Waals surface area contributed by atoms with E-state index in [-0.39, 0.29) is 17.6 Å². The van der Waals surface area contributed by atoms with Crippen molar-refractivity contribution in [2.45, 2.75) is 13.8 Å². The van der Waals surface area contributed by atoms with Gasteiger partial charge in [0.25, 0.3) is 0 Å². The van der Waals surface area contributed by atoms with E-state index in [9.17, 15) is 4.79 Å². The van der Waals surface area contributed by atoms with Crippen molar-refractivity contribution in [3.63, 3.8) is 0 Å². The lowest BCUT2D eigenvalue weighted by Gasteiger charge is -2.09. The molecular formula is C27H30O3. The number of ketones is 1. The van der Waals surface area contributed by atoms with Crippen LogP contribution < -0.4 is 9.47 Å². The Labute approximate surface area is 180 Å². The smallest absolute Gasteiger partial charge is 0.145 e. The fourth-order valence-corrected chi connectivity index (χ4v) is 2.83. The molecule has 0 aromatic heterocycles. The number of carbonyl (C=O) groups excluding carboxylic acids is 1. The van der Waals surface area contributed by atoms with Crippen LogP contribution in [0.3, 0.4) is 0 Å². The summed E-state index contributed by atoms with van der Waals surface area (Å²) in [7, 11) is 3.30. The van der Waals surface area contributed by atoms with E-state index >= 15 is 0 Å². The Morgan fingerprint density at radius 1 is 0.667 bits per heavy atom. The topological polar surface area (TPSA) is 35.5 Å². The summed E-state index contributed by atoms with van der Waals surface area (Å²) < 4.78 is 10.3. The molecule has 0 heterocycles. The van der Waals surface area contributed by atoms with Crippen molar-refractivity contribution in [1.82, 2.24) is 0 Å². The van der Waals surface area contributed by atoms with E-state index in [4.69, 9.17) is 9.47 Å². The second kappa shape index (κ2) is 12.3. The van der Waals surface area contributed by atoms with Crippen molar-refractivity contribution < 1.29 is 14.3 Å². The van der Waals surface area contributed by atoms with Crippen LogP contribution in [-0.4, -0.2) is 20.0 Å². The lowest BCUT2D eigenvalue weighted by atomic mass is 9.94. The third kappa shape index (κ3) is 7.59. The standard InChI is InChI=1S/C27H30O3/c1-21(9-5-7-11-23-13-17-25(29-3)18-14-23)27(28)22(2)10-6-8-12-24-15-19-26(30-4)20-16-24/h5-22H,1-4H3. The van der Waals surface area contributed by atoms with Crippen LogP contribution in [0.5, 0.6) is 11.5 Å². The Hall–Kier alpha value is -3.33. The predicted molar refractivity (Wildman–Crippen MR) is 126 cm³/mol. The van der Waals surface area contributed by atoms with Crippen LogP contribution in [0.25, 0.3) is 12.2 Å². The molecule has 2 atom stereocenters. The predicted octanol–water partition coefficient (Wildman–Crippen LogP) is 6.38. The molecule has 2 aromatic carbocycles. The Morgan fingerprint density at radius 2 is 1.03 bits per heavy atom. The maximum atomic E-state index is 12.5. The van der Waals surface area contributed by atoms with Crippen molar-refractivity contribution in [2.24, 2.45) is 11.8 Å². The van der Waals surface area contributed by atoms with Gasteiger partial charge in [-0.25, -0.2) is 0 Å². The SMILES string of the molecule is COc1ccc(C=CC=CC(C)C(=O)C(C)C=CC=Cc2ccc(OC)cc2)cc1. The number of methoxy groups -OCH3 is 2. The molecule has 2 aromatic rings. The first-order valence-electron chi connectivity index (χ1n) is 10.0. The van der Waals surface area contributed by atoms with Crippen molar-refractivity contribution in [2.75, 3.05) is 14.2 Å². The van der Waals surface area contributed by atoms with E-state index in [0.29, 0.717) is 0 Å². The number of carbonyl (C=O) groups is 1. The third-order valence-corrected chi connectivity index (χ3v) is 4.73. The van der Waals surface area contributed by atoms with Gasteiger partial charge in [0.05, 0.1) is 14.2 Å². The molecule has 3 nitrogen and oxygen atoms in total. The van der Waals surface area contributed by atoms with Gasteiger partial charge in [0.15, 0.2) is 0 Å². The molecule has 0 aliphatic carbocycles. The largest absolute Gasteiger partial charge is 0.497 e. The summed E-state index contributed by atoms with van der Waals surface area (Å²) in [5.41, 5.74) is 2.17. The molecule has 30 heavy (non-hydrogen) atoms. The van der Waals surface area contributed by atoms with Gasteiger partial charge in [0.1, 0.15) is 17.3 Å². The third-order valence-electron chi connectivity index (χ3n) is 4.73. The summed E-state index contributed by atoms with van der Waals surface area (Å²) in [5.74, 6) is 1.58. The van der Waals surface area contributed by atoms with Crippen LogP contribution in [-0.2, 0) is 4.79 Å². The van der Waals surface area contributed by atoms with Crippen molar-refractivity contribution in [3.05, 3.63) is 96.1 Å². The monoisotopic (exact) mass is 402 g/mol. The number of rotatable bonds is 10. The zero-order chi connectivity index (χ0) is 21.8. The Morgan fingerprint density at radius 3 is 1.37 bits per heavy atom. The molecule has 0 N–H and O–H groups in total. The molecule has 0 fully saturated rings. The van der Waals surface area contributed by atoms with Gasteiger partial charge in [0, 0.05) is 11.8 Å². The highest BCUT2D eigenvalue weighted by Crippen LogP contribution is 2.14. The van der Waals surface area contributed by atoms with Crippen molar-refractivity contribution in [1.29, 1.82) is 0 Å². The molecule has 3 heteroatoms. The average Bonchev–Trinajstić information content (AvgIpc) is 2.79. The van der Waals surface area contributed by atoms with Gasteiger partial charge in [-0.05, 0) is 35.4 Å². The highest BCUT2D eigenvalue weighted by atomic mass is 16.5. The molecule has 2 unspecified atom stereocenters. The fraction of sp³-hybridized carbons (Fsp3) is 0.222. The highest BCUT2D eigenvalue weighted by molar-refractivity contribution is 5.86. The average molecular weight is 403 g/mol. The Bertz CT molecular complexity index is 825. The Kier molecular flexibility index (Phi) is 9.39. The van der Waals surface area contributed by atoms with Gasteiger partial charge >= 0.3 is 0 Å². The molecule has 0 bridgehead atoms. The van der Waals surface area contributed by atoms with Gasteiger partial charge in [-0.1, -0.05) is 86.7 Å².